The number of hydrogen-bond donors (Lipinski definition) is 1. The number of rotatable bonds is 7. The monoisotopic (exact) mass is 562 g/mol. The molecule has 0 saturated carbocycles. The predicted octanol–water partition coefficient (Wildman–Crippen LogP) is 7.01. The molecule has 0 unspecified atom stereocenters. The molecule has 0 aromatic heterocycles. The van der Waals surface area contributed by atoms with Crippen molar-refractivity contribution in [2.75, 3.05) is 6.16 Å². The van der Waals surface area contributed by atoms with Crippen LogP contribution in [0.4, 0.5) is 0 Å². The topological polar surface area (TPSA) is 77.4 Å². The van der Waals surface area contributed by atoms with Crippen molar-refractivity contribution in [1.82, 2.24) is 0 Å². The fourth-order valence-electron chi connectivity index (χ4n) is 5.38. The molecule has 0 bridgehead atoms. The zero-order chi connectivity index (χ0) is 28.5. The van der Waals surface area contributed by atoms with Crippen molar-refractivity contribution in [1.29, 1.82) is 0 Å². The highest BCUT2D eigenvalue weighted by atomic mass is 32.3. The normalized spacial score (nSPS) is 16.1. The van der Waals surface area contributed by atoms with E-state index in [0.29, 0.717) is 0 Å². The molecule has 1 aliphatic carbocycles. The van der Waals surface area contributed by atoms with E-state index in [1.807, 2.05) is 0 Å². The molecule has 0 amide bonds. The van der Waals surface area contributed by atoms with Crippen LogP contribution in [0.5, 0.6) is 0 Å². The average Bonchev–Trinajstić information content (AvgIpc) is 2.89. The van der Waals surface area contributed by atoms with Crippen LogP contribution in [0.1, 0.15) is 47.0 Å². The van der Waals surface area contributed by atoms with Crippen molar-refractivity contribution in [2.45, 2.75) is 47.0 Å². The van der Waals surface area contributed by atoms with E-state index in [4.69, 9.17) is 17.5 Å². The Hall–Kier alpha value is -2.82. The van der Waals surface area contributed by atoms with Gasteiger partial charge < -0.3 is 4.55 Å². The minimum Gasteiger partial charge on any atom is -0.726 e. The lowest BCUT2D eigenvalue weighted by molar-refractivity contribution is 0.366. The van der Waals surface area contributed by atoms with E-state index >= 15 is 0 Å². The quantitative estimate of drug-likeness (QED) is 0.145. The minimum absolute atomic E-state index is 0.272. The number of hydrogen-bond acceptors (Lipinski definition) is 3. The third kappa shape index (κ3) is 8.58. The molecule has 1 aliphatic rings. The highest BCUT2D eigenvalue weighted by Crippen LogP contribution is 2.55. The van der Waals surface area contributed by atoms with Gasteiger partial charge >= 0.3 is 0 Å². The molecule has 39 heavy (non-hydrogen) atoms. The van der Waals surface area contributed by atoms with Crippen molar-refractivity contribution in [2.24, 2.45) is 5.41 Å². The fourth-order valence-corrected chi connectivity index (χ4v) is 9.52. The molecular weight excluding hydrogens is 523 g/mol. The lowest BCUT2D eigenvalue weighted by Crippen LogP contribution is -2.33. The standard InChI is InChI=1S/C33H38P.H2O4S/c1-27(22-23-32-28(2)15-14-25-33(32,3)4)24-26-34(29-16-8-5-9-17-29,30-18-10-6-11-19-30)31-20-12-7-13-21-31;1-5(2,3)4/h5-13,16-24H,14-15,25-26H2,1-4H3;(H2,1,2,3,4)/q+1;/p-1/b23-22+,27-24+;. The smallest absolute Gasteiger partial charge is 0.215 e. The van der Waals surface area contributed by atoms with Crippen molar-refractivity contribution < 1.29 is 17.5 Å². The maximum absolute atomic E-state index is 8.63. The average molecular weight is 563 g/mol. The van der Waals surface area contributed by atoms with Gasteiger partial charge in [0, 0.05) is 0 Å². The van der Waals surface area contributed by atoms with Crippen molar-refractivity contribution >= 4 is 33.6 Å². The molecule has 206 valence electrons. The van der Waals surface area contributed by atoms with Crippen molar-refractivity contribution in [3.05, 3.63) is 126 Å². The molecule has 0 atom stereocenters. The van der Waals surface area contributed by atoms with Gasteiger partial charge in [0.05, 0.1) is 6.16 Å². The first-order chi connectivity index (χ1) is 18.4. The Kier molecular flexibility index (Phi) is 10.6. The maximum Gasteiger partial charge on any atom is 0.215 e. The zero-order valence-corrected chi connectivity index (χ0v) is 25.0. The summed E-state index contributed by atoms with van der Waals surface area (Å²) in [4.78, 5) is 0. The van der Waals surface area contributed by atoms with Gasteiger partial charge in [0.2, 0.25) is 10.4 Å². The Labute approximate surface area is 235 Å². The first-order valence-electron chi connectivity index (χ1n) is 13.2. The van der Waals surface area contributed by atoms with E-state index < -0.39 is 17.7 Å². The van der Waals surface area contributed by atoms with Crippen molar-refractivity contribution in [3.63, 3.8) is 0 Å². The van der Waals surface area contributed by atoms with E-state index in [0.717, 1.165) is 6.16 Å². The molecule has 0 fully saturated rings. The third-order valence-electron chi connectivity index (χ3n) is 7.33. The van der Waals surface area contributed by atoms with Crippen LogP contribution in [-0.2, 0) is 10.4 Å². The molecule has 6 heteroatoms. The van der Waals surface area contributed by atoms with E-state index in [2.05, 4.69) is 137 Å². The Balaban J connectivity index is 0.000000771. The van der Waals surface area contributed by atoms with E-state index in [9.17, 15) is 0 Å². The summed E-state index contributed by atoms with van der Waals surface area (Å²) in [6.07, 6.45) is 12.1. The Morgan fingerprint density at radius 3 is 1.69 bits per heavy atom. The lowest BCUT2D eigenvalue weighted by Gasteiger charge is -2.33. The molecule has 0 radical (unpaired) electrons. The van der Waals surface area contributed by atoms with Crippen LogP contribution in [0.15, 0.2) is 126 Å². The van der Waals surface area contributed by atoms with Crippen LogP contribution < -0.4 is 15.9 Å². The molecule has 1 N–H and O–H groups in total. The summed E-state index contributed by atoms with van der Waals surface area (Å²) >= 11 is 0. The Morgan fingerprint density at radius 1 is 0.897 bits per heavy atom. The van der Waals surface area contributed by atoms with Gasteiger partial charge in [0.25, 0.3) is 0 Å². The first kappa shape index (κ1) is 30.7. The Morgan fingerprint density at radius 2 is 1.31 bits per heavy atom. The highest BCUT2D eigenvalue weighted by molar-refractivity contribution is 7.95. The second-order valence-corrected chi connectivity index (χ2v) is 15.0. The second-order valence-electron chi connectivity index (χ2n) is 10.6. The molecular formula is C33H39O4PS. The van der Waals surface area contributed by atoms with E-state index in [1.165, 1.54) is 46.3 Å². The summed E-state index contributed by atoms with van der Waals surface area (Å²) in [5.41, 5.74) is 4.70. The Bertz CT molecular complexity index is 1300. The molecule has 0 heterocycles. The summed E-state index contributed by atoms with van der Waals surface area (Å²) in [5, 5.41) is 4.31. The summed E-state index contributed by atoms with van der Waals surface area (Å²) in [5.74, 6) is 0. The third-order valence-corrected chi connectivity index (χ3v) is 11.6. The molecule has 0 spiro atoms. The summed E-state index contributed by atoms with van der Waals surface area (Å²) in [6, 6.07) is 33.4. The van der Waals surface area contributed by atoms with Gasteiger partial charge in [-0.1, -0.05) is 91.7 Å². The van der Waals surface area contributed by atoms with Crippen LogP contribution >= 0.6 is 7.26 Å². The van der Waals surface area contributed by atoms with E-state index in [-0.39, 0.29) is 5.41 Å². The molecule has 0 saturated heterocycles. The van der Waals surface area contributed by atoms with Gasteiger partial charge in [-0.05, 0) is 86.6 Å². The van der Waals surface area contributed by atoms with Crippen LogP contribution in [0.2, 0.25) is 0 Å². The maximum atomic E-state index is 8.63. The fraction of sp³-hybridized carbons (Fsp3) is 0.273. The minimum atomic E-state index is -4.92. The zero-order valence-electron chi connectivity index (χ0n) is 23.2. The first-order valence-corrected chi connectivity index (χ1v) is 16.6. The summed E-state index contributed by atoms with van der Waals surface area (Å²) in [6.45, 7) is 9.37. The van der Waals surface area contributed by atoms with Crippen molar-refractivity contribution in [3.8, 4) is 0 Å². The van der Waals surface area contributed by atoms with Gasteiger partial charge in [-0.3, -0.25) is 4.55 Å². The van der Waals surface area contributed by atoms with Gasteiger partial charge in [0.15, 0.2) is 0 Å². The molecule has 3 aromatic carbocycles. The molecule has 4 nitrogen and oxygen atoms in total. The second kappa shape index (κ2) is 13.5. The number of benzene rings is 3. The van der Waals surface area contributed by atoms with Gasteiger partial charge in [-0.15, -0.1) is 0 Å². The van der Waals surface area contributed by atoms with Gasteiger partial charge in [-0.25, -0.2) is 8.42 Å². The largest absolute Gasteiger partial charge is 0.726 e. The summed E-state index contributed by atoms with van der Waals surface area (Å²) in [7, 11) is -6.74. The molecule has 4 rings (SSSR count). The number of allylic oxidation sites excluding steroid dienone is 6. The van der Waals surface area contributed by atoms with Gasteiger partial charge in [0.1, 0.15) is 23.2 Å². The predicted molar refractivity (Wildman–Crippen MR) is 166 cm³/mol. The van der Waals surface area contributed by atoms with Crippen LogP contribution in [0.25, 0.3) is 0 Å². The van der Waals surface area contributed by atoms with Crippen LogP contribution in [0, 0.1) is 5.41 Å². The van der Waals surface area contributed by atoms with Crippen LogP contribution in [0.3, 0.4) is 0 Å². The summed E-state index contributed by atoms with van der Waals surface area (Å²) < 4.78 is 32.8. The van der Waals surface area contributed by atoms with Crippen LogP contribution in [-0.4, -0.2) is 23.7 Å². The SMILES string of the molecule is CC1=C(/C=C/C(C)=C/C[P+](c2ccccc2)(c2ccccc2)c2ccccc2)C(C)(C)CCC1.O=S(=O)([O-])O. The lowest BCUT2D eigenvalue weighted by atomic mass is 9.72. The molecule has 3 aromatic rings. The van der Waals surface area contributed by atoms with E-state index in [1.54, 1.807) is 5.57 Å². The highest BCUT2D eigenvalue weighted by Gasteiger charge is 2.44. The molecule has 0 aliphatic heterocycles. The van der Waals surface area contributed by atoms with Gasteiger partial charge in [-0.2, -0.15) is 0 Å².